The second kappa shape index (κ2) is 11.7. The van der Waals surface area contributed by atoms with E-state index in [0.29, 0.717) is 17.0 Å². The fourth-order valence-electron chi connectivity index (χ4n) is 4.39. The van der Waals surface area contributed by atoms with Gasteiger partial charge < -0.3 is 9.30 Å². The largest absolute Gasteiger partial charge is 0.495 e. The summed E-state index contributed by atoms with van der Waals surface area (Å²) in [6, 6.07) is 19.8. The van der Waals surface area contributed by atoms with Gasteiger partial charge in [-0.1, -0.05) is 35.9 Å². The first-order valence-electron chi connectivity index (χ1n) is 12.5. The molecule has 4 aromatic rings. The predicted octanol–water partition coefficient (Wildman–Crippen LogP) is 5.20. The van der Waals surface area contributed by atoms with E-state index in [9.17, 15) is 17.6 Å². The molecule has 0 saturated carbocycles. The number of benzene rings is 3. The van der Waals surface area contributed by atoms with Crippen LogP contribution in [-0.4, -0.2) is 38.8 Å². The van der Waals surface area contributed by atoms with Gasteiger partial charge in [0.2, 0.25) is 0 Å². The Kier molecular flexibility index (Phi) is 8.39. The Morgan fingerprint density at radius 3 is 2.35 bits per heavy atom. The molecule has 3 aromatic carbocycles. The van der Waals surface area contributed by atoms with Crippen LogP contribution in [0.3, 0.4) is 0 Å². The second-order valence-electron chi connectivity index (χ2n) is 9.41. The topological polar surface area (TPSA) is 93.0 Å². The lowest BCUT2D eigenvalue weighted by molar-refractivity contribution is -0.119. The third-order valence-electron chi connectivity index (χ3n) is 6.46. The predicted molar refractivity (Wildman–Crippen MR) is 154 cm³/mol. The van der Waals surface area contributed by atoms with Gasteiger partial charge in [-0.15, -0.1) is 0 Å². The number of carbonyl (C=O) groups is 1. The first kappa shape index (κ1) is 28.6. The normalized spacial score (nSPS) is 11.6. The number of rotatable bonds is 9. The van der Waals surface area contributed by atoms with Crippen LogP contribution in [0.4, 0.5) is 10.1 Å². The lowest BCUT2D eigenvalue weighted by Crippen LogP contribution is -2.39. The smallest absolute Gasteiger partial charge is 0.264 e. The van der Waals surface area contributed by atoms with Crippen LogP contribution in [-0.2, 0) is 14.8 Å². The van der Waals surface area contributed by atoms with Crippen molar-refractivity contribution in [3.05, 3.63) is 107 Å². The van der Waals surface area contributed by atoms with Crippen molar-refractivity contribution in [1.29, 1.82) is 0 Å². The summed E-state index contributed by atoms with van der Waals surface area (Å²) in [6.07, 6.45) is 1.45. The zero-order valence-electron chi connectivity index (χ0n) is 23.0. The average Bonchev–Trinajstić information content (AvgIpc) is 3.20. The number of anilines is 1. The molecular weight excluding hydrogens is 531 g/mol. The maximum absolute atomic E-state index is 14.4. The van der Waals surface area contributed by atoms with E-state index in [1.54, 1.807) is 53.1 Å². The Balaban J connectivity index is 1.61. The van der Waals surface area contributed by atoms with E-state index >= 15 is 0 Å². The Labute approximate surface area is 233 Å². The highest BCUT2D eigenvalue weighted by atomic mass is 32.2. The van der Waals surface area contributed by atoms with Gasteiger partial charge in [0.15, 0.2) is 0 Å². The summed E-state index contributed by atoms with van der Waals surface area (Å²) in [7, 11) is -2.70. The fraction of sp³-hybridized carbons (Fsp3) is 0.200. The molecule has 1 amide bonds. The van der Waals surface area contributed by atoms with Crippen molar-refractivity contribution >= 4 is 27.8 Å². The van der Waals surface area contributed by atoms with Crippen LogP contribution in [0.5, 0.6) is 5.75 Å². The number of nitrogens with zero attached hydrogens (tertiary/aromatic N) is 3. The summed E-state index contributed by atoms with van der Waals surface area (Å²) in [5.41, 5.74) is 6.95. The number of hydrogen-bond acceptors (Lipinski definition) is 5. The van der Waals surface area contributed by atoms with Crippen LogP contribution >= 0.6 is 0 Å². The number of aromatic nitrogens is 1. The molecule has 1 aromatic heterocycles. The van der Waals surface area contributed by atoms with E-state index in [1.807, 2.05) is 33.8 Å². The molecule has 10 heteroatoms. The Bertz CT molecular complexity index is 1680. The number of sulfonamides is 1. The molecule has 1 heterocycles. The number of methoxy groups -OCH3 is 1. The third-order valence-corrected chi connectivity index (χ3v) is 8.23. The number of aryl methyl sites for hydroxylation is 3. The minimum absolute atomic E-state index is 0.0403. The summed E-state index contributed by atoms with van der Waals surface area (Å²) >= 11 is 0. The van der Waals surface area contributed by atoms with Crippen molar-refractivity contribution in [1.82, 2.24) is 9.99 Å². The molecule has 0 unspecified atom stereocenters. The SMILES string of the molecule is COc1ccc(C)cc1N(CC(=O)N/N=C\c1cc(C)n(-c2ccccc2F)c1C)S(=O)(=O)c1ccc(C)cc1. The number of nitrogens with one attached hydrogen (secondary N) is 1. The van der Waals surface area contributed by atoms with Crippen molar-refractivity contribution in [2.75, 3.05) is 18.0 Å². The minimum Gasteiger partial charge on any atom is -0.495 e. The Hall–Kier alpha value is -4.44. The number of ether oxygens (including phenoxy) is 1. The van der Waals surface area contributed by atoms with E-state index in [1.165, 1.54) is 31.5 Å². The number of hydrazone groups is 1. The fourth-order valence-corrected chi connectivity index (χ4v) is 5.82. The molecule has 40 heavy (non-hydrogen) atoms. The molecule has 0 atom stereocenters. The maximum atomic E-state index is 14.4. The number of amides is 1. The molecule has 0 aliphatic rings. The van der Waals surface area contributed by atoms with Gasteiger partial charge in [0.1, 0.15) is 18.1 Å². The molecule has 0 fully saturated rings. The van der Waals surface area contributed by atoms with Gasteiger partial charge in [0.05, 0.1) is 29.6 Å². The lowest BCUT2D eigenvalue weighted by Gasteiger charge is -2.25. The molecule has 8 nitrogen and oxygen atoms in total. The molecule has 208 valence electrons. The maximum Gasteiger partial charge on any atom is 0.264 e. The van der Waals surface area contributed by atoms with Crippen LogP contribution in [0.1, 0.15) is 28.1 Å². The molecule has 1 N–H and O–H groups in total. The highest BCUT2D eigenvalue weighted by Crippen LogP contribution is 2.33. The van der Waals surface area contributed by atoms with Gasteiger partial charge in [-0.25, -0.2) is 18.2 Å². The average molecular weight is 563 g/mol. The molecular formula is C30H31FN4O4S. The first-order chi connectivity index (χ1) is 19.0. The summed E-state index contributed by atoms with van der Waals surface area (Å²) in [4.78, 5) is 13.1. The van der Waals surface area contributed by atoms with Gasteiger partial charge in [-0.05, 0) is 75.7 Å². The molecule has 0 aliphatic heterocycles. The standard InChI is InChI=1S/C30H31FN4O4S/c1-20-10-13-25(14-11-20)40(37,38)34(28-16-21(2)12-15-29(28)39-5)19-30(36)33-32-18-24-17-22(3)35(23(24)4)27-9-7-6-8-26(27)31/h6-18H,19H2,1-5H3,(H,33,36)/b32-18-. The van der Waals surface area contributed by atoms with Gasteiger partial charge in [-0.2, -0.15) is 5.10 Å². The van der Waals surface area contributed by atoms with E-state index in [2.05, 4.69) is 10.5 Å². The van der Waals surface area contributed by atoms with Gasteiger partial charge in [0, 0.05) is 17.0 Å². The molecule has 0 aliphatic carbocycles. The van der Waals surface area contributed by atoms with Crippen molar-refractivity contribution in [2.24, 2.45) is 5.10 Å². The van der Waals surface area contributed by atoms with Crippen molar-refractivity contribution in [3.63, 3.8) is 0 Å². The van der Waals surface area contributed by atoms with Crippen LogP contribution < -0.4 is 14.5 Å². The highest BCUT2D eigenvalue weighted by molar-refractivity contribution is 7.92. The van der Waals surface area contributed by atoms with Gasteiger partial charge >= 0.3 is 0 Å². The number of para-hydroxylation sites is 1. The van der Waals surface area contributed by atoms with E-state index in [0.717, 1.165) is 26.8 Å². The minimum atomic E-state index is -4.13. The lowest BCUT2D eigenvalue weighted by atomic mass is 10.2. The van der Waals surface area contributed by atoms with Crippen molar-refractivity contribution in [3.8, 4) is 11.4 Å². The zero-order chi connectivity index (χ0) is 29.0. The summed E-state index contributed by atoms with van der Waals surface area (Å²) < 4.78 is 50.0. The zero-order valence-corrected chi connectivity index (χ0v) is 23.8. The molecule has 0 spiro atoms. The Morgan fingerprint density at radius 2 is 1.68 bits per heavy atom. The van der Waals surface area contributed by atoms with Crippen LogP contribution in [0.2, 0.25) is 0 Å². The first-order valence-corrected chi connectivity index (χ1v) is 14.0. The Morgan fingerprint density at radius 1 is 1.00 bits per heavy atom. The number of carbonyl (C=O) groups excluding carboxylic acids is 1. The van der Waals surface area contributed by atoms with Crippen LogP contribution in [0.25, 0.3) is 5.69 Å². The van der Waals surface area contributed by atoms with Crippen LogP contribution in [0, 0.1) is 33.5 Å². The quantitative estimate of drug-likeness (QED) is 0.224. The van der Waals surface area contributed by atoms with Gasteiger partial charge in [-0.3, -0.25) is 9.10 Å². The van der Waals surface area contributed by atoms with Crippen LogP contribution in [0.15, 0.2) is 82.8 Å². The third kappa shape index (κ3) is 5.91. The van der Waals surface area contributed by atoms with E-state index in [-0.39, 0.29) is 16.4 Å². The highest BCUT2D eigenvalue weighted by Gasteiger charge is 2.29. The number of halogens is 1. The number of hydrogen-bond donors (Lipinski definition) is 1. The van der Waals surface area contributed by atoms with Crippen molar-refractivity contribution in [2.45, 2.75) is 32.6 Å². The monoisotopic (exact) mass is 562 g/mol. The summed E-state index contributed by atoms with van der Waals surface area (Å²) in [5, 5.41) is 4.06. The summed E-state index contributed by atoms with van der Waals surface area (Å²) in [6.45, 7) is 6.81. The molecule has 0 saturated heterocycles. The second-order valence-corrected chi connectivity index (χ2v) is 11.3. The van der Waals surface area contributed by atoms with E-state index < -0.39 is 22.5 Å². The molecule has 0 radical (unpaired) electrons. The van der Waals surface area contributed by atoms with Crippen molar-refractivity contribution < 1.29 is 22.3 Å². The van der Waals surface area contributed by atoms with E-state index in [4.69, 9.17) is 4.74 Å². The molecule has 4 rings (SSSR count). The van der Waals surface area contributed by atoms with Gasteiger partial charge in [0.25, 0.3) is 15.9 Å². The summed E-state index contributed by atoms with van der Waals surface area (Å²) in [5.74, 6) is -0.709. The molecule has 0 bridgehead atoms.